The van der Waals surface area contributed by atoms with E-state index >= 15 is 0 Å². The van der Waals surface area contributed by atoms with Crippen LogP contribution in [0, 0.1) is 5.41 Å². The lowest BCUT2D eigenvalue weighted by molar-refractivity contribution is 0.0953. The third kappa shape index (κ3) is 2.62. The first-order valence-electron chi connectivity index (χ1n) is 5.80. The van der Waals surface area contributed by atoms with E-state index in [2.05, 4.69) is 23.8 Å². The molecule has 88 valence electrons. The van der Waals surface area contributed by atoms with Crippen LogP contribution in [0.15, 0.2) is 12.4 Å². The van der Waals surface area contributed by atoms with Gasteiger partial charge in [0.15, 0.2) is 5.82 Å². The average molecular weight is 221 g/mol. The Kier molecular flexibility index (Phi) is 2.99. The van der Waals surface area contributed by atoms with E-state index in [4.69, 9.17) is 10.5 Å². The Morgan fingerprint density at radius 1 is 1.25 bits per heavy atom. The van der Waals surface area contributed by atoms with Gasteiger partial charge in [-0.2, -0.15) is 0 Å². The molecule has 0 aromatic carbocycles. The van der Waals surface area contributed by atoms with Gasteiger partial charge in [0, 0.05) is 12.4 Å². The molecule has 2 N–H and O–H groups in total. The lowest BCUT2D eigenvalue weighted by atomic mass is 9.76. The van der Waals surface area contributed by atoms with Crippen molar-refractivity contribution >= 4 is 5.82 Å². The van der Waals surface area contributed by atoms with Gasteiger partial charge in [0.05, 0.1) is 0 Å². The van der Waals surface area contributed by atoms with Crippen molar-refractivity contribution in [3.05, 3.63) is 12.4 Å². The van der Waals surface area contributed by atoms with Crippen molar-refractivity contribution in [3.8, 4) is 5.88 Å². The monoisotopic (exact) mass is 221 g/mol. The van der Waals surface area contributed by atoms with Crippen molar-refractivity contribution in [2.24, 2.45) is 5.41 Å². The zero-order valence-electron chi connectivity index (χ0n) is 9.94. The summed E-state index contributed by atoms with van der Waals surface area (Å²) >= 11 is 0. The molecule has 1 heterocycles. The second kappa shape index (κ2) is 4.28. The van der Waals surface area contributed by atoms with Gasteiger partial charge in [-0.25, -0.2) is 9.97 Å². The molecule has 0 unspecified atom stereocenters. The van der Waals surface area contributed by atoms with E-state index in [1.807, 2.05) is 0 Å². The Hall–Kier alpha value is -1.32. The van der Waals surface area contributed by atoms with Crippen LogP contribution in [0.3, 0.4) is 0 Å². The Bertz CT molecular complexity index is 355. The summed E-state index contributed by atoms with van der Waals surface area (Å²) in [4.78, 5) is 8.06. The highest BCUT2D eigenvalue weighted by Crippen LogP contribution is 2.36. The summed E-state index contributed by atoms with van der Waals surface area (Å²) in [6, 6.07) is 0. The molecule has 4 nitrogen and oxygen atoms in total. The number of anilines is 1. The predicted octanol–water partition coefficient (Wildman–Crippen LogP) is 2.41. The molecular weight excluding hydrogens is 202 g/mol. The number of rotatable bonds is 2. The number of nitrogens with zero attached hydrogens (tertiary/aromatic N) is 2. The van der Waals surface area contributed by atoms with Crippen LogP contribution >= 0.6 is 0 Å². The van der Waals surface area contributed by atoms with Crippen molar-refractivity contribution in [2.75, 3.05) is 5.73 Å². The van der Waals surface area contributed by atoms with E-state index in [0.29, 0.717) is 17.1 Å². The highest BCUT2D eigenvalue weighted by Gasteiger charge is 2.28. The maximum absolute atomic E-state index is 5.78. The molecule has 0 spiro atoms. The summed E-state index contributed by atoms with van der Waals surface area (Å²) in [6.07, 6.45) is 7.96. The minimum atomic E-state index is 0.243. The van der Waals surface area contributed by atoms with Gasteiger partial charge in [0.25, 0.3) is 5.88 Å². The van der Waals surface area contributed by atoms with Crippen molar-refractivity contribution in [1.29, 1.82) is 0 Å². The molecule has 0 atom stereocenters. The SMILES string of the molecule is CC1(C)CCC(Oc2nccnc2N)CC1. The molecular formula is C12H19N3O. The lowest BCUT2D eigenvalue weighted by Crippen LogP contribution is -2.28. The van der Waals surface area contributed by atoms with E-state index in [1.165, 1.54) is 12.8 Å². The summed E-state index contributed by atoms with van der Waals surface area (Å²) in [5.41, 5.74) is 6.14. The van der Waals surface area contributed by atoms with Crippen LogP contribution in [-0.2, 0) is 0 Å². The smallest absolute Gasteiger partial charge is 0.257 e. The van der Waals surface area contributed by atoms with Crippen molar-refractivity contribution in [3.63, 3.8) is 0 Å². The number of nitrogen functional groups attached to an aromatic ring is 1. The van der Waals surface area contributed by atoms with E-state index in [9.17, 15) is 0 Å². The molecule has 1 aromatic rings. The molecule has 1 aliphatic rings. The van der Waals surface area contributed by atoms with Crippen molar-refractivity contribution in [2.45, 2.75) is 45.6 Å². The van der Waals surface area contributed by atoms with Gasteiger partial charge in [-0.3, -0.25) is 0 Å². The summed E-state index contributed by atoms with van der Waals surface area (Å²) in [5.74, 6) is 0.861. The second-order valence-corrected chi connectivity index (χ2v) is 5.23. The van der Waals surface area contributed by atoms with Crippen molar-refractivity contribution in [1.82, 2.24) is 9.97 Å². The highest BCUT2D eigenvalue weighted by atomic mass is 16.5. The predicted molar refractivity (Wildman–Crippen MR) is 63.1 cm³/mol. The van der Waals surface area contributed by atoms with E-state index in [-0.39, 0.29) is 6.10 Å². The fraction of sp³-hybridized carbons (Fsp3) is 0.667. The fourth-order valence-electron chi connectivity index (χ4n) is 2.08. The number of hydrogen-bond donors (Lipinski definition) is 1. The van der Waals surface area contributed by atoms with Crippen LogP contribution in [0.25, 0.3) is 0 Å². The zero-order valence-corrected chi connectivity index (χ0v) is 9.94. The minimum Gasteiger partial charge on any atom is -0.472 e. The van der Waals surface area contributed by atoms with Gasteiger partial charge >= 0.3 is 0 Å². The third-order valence-corrected chi connectivity index (χ3v) is 3.26. The quantitative estimate of drug-likeness (QED) is 0.833. The molecule has 1 aromatic heterocycles. The van der Waals surface area contributed by atoms with Crippen LogP contribution in [0.2, 0.25) is 0 Å². The second-order valence-electron chi connectivity index (χ2n) is 5.23. The normalized spacial score (nSPS) is 20.6. The molecule has 0 amide bonds. The Labute approximate surface area is 96.2 Å². The maximum Gasteiger partial charge on any atom is 0.257 e. The van der Waals surface area contributed by atoms with Crippen LogP contribution in [0.4, 0.5) is 5.82 Å². The first-order valence-corrected chi connectivity index (χ1v) is 5.80. The van der Waals surface area contributed by atoms with E-state index in [0.717, 1.165) is 12.8 Å². The van der Waals surface area contributed by atoms with Crippen LogP contribution in [0.1, 0.15) is 39.5 Å². The number of aromatic nitrogens is 2. The molecule has 0 bridgehead atoms. The standard InChI is InChI=1S/C12H19N3O/c1-12(2)5-3-9(4-6-12)16-11-10(13)14-7-8-15-11/h7-9H,3-6H2,1-2H3,(H2,13,14). The van der Waals surface area contributed by atoms with E-state index in [1.54, 1.807) is 12.4 Å². The van der Waals surface area contributed by atoms with Crippen LogP contribution in [0.5, 0.6) is 5.88 Å². The molecule has 2 rings (SSSR count). The molecule has 0 aliphatic heterocycles. The summed E-state index contributed by atoms with van der Waals surface area (Å²) in [6.45, 7) is 4.61. The topological polar surface area (TPSA) is 61.0 Å². The molecule has 1 aliphatic carbocycles. The van der Waals surface area contributed by atoms with Gasteiger partial charge < -0.3 is 10.5 Å². The van der Waals surface area contributed by atoms with Gasteiger partial charge in [-0.1, -0.05) is 13.8 Å². The van der Waals surface area contributed by atoms with Gasteiger partial charge in [-0.05, 0) is 31.1 Å². The minimum absolute atomic E-state index is 0.243. The average Bonchev–Trinajstić information content (AvgIpc) is 2.24. The molecule has 16 heavy (non-hydrogen) atoms. The first kappa shape index (κ1) is 11.2. The molecule has 4 heteroatoms. The van der Waals surface area contributed by atoms with Gasteiger partial charge in [-0.15, -0.1) is 0 Å². The highest BCUT2D eigenvalue weighted by molar-refractivity contribution is 5.38. The maximum atomic E-state index is 5.78. The summed E-state index contributed by atoms with van der Waals surface area (Å²) in [7, 11) is 0. The van der Waals surface area contributed by atoms with Crippen molar-refractivity contribution < 1.29 is 4.74 Å². The molecule has 0 radical (unpaired) electrons. The van der Waals surface area contributed by atoms with Crippen LogP contribution in [-0.4, -0.2) is 16.1 Å². The third-order valence-electron chi connectivity index (χ3n) is 3.26. The molecule has 1 saturated carbocycles. The molecule has 0 saturated heterocycles. The van der Waals surface area contributed by atoms with Gasteiger partial charge in [0.2, 0.25) is 0 Å². The fourth-order valence-corrected chi connectivity index (χ4v) is 2.08. The zero-order chi connectivity index (χ0) is 11.6. The summed E-state index contributed by atoms with van der Waals surface area (Å²) in [5, 5.41) is 0. The Morgan fingerprint density at radius 3 is 2.50 bits per heavy atom. The van der Waals surface area contributed by atoms with Crippen LogP contribution < -0.4 is 10.5 Å². The van der Waals surface area contributed by atoms with Gasteiger partial charge in [0.1, 0.15) is 6.10 Å². The summed E-state index contributed by atoms with van der Waals surface area (Å²) < 4.78 is 5.78. The Morgan fingerprint density at radius 2 is 1.88 bits per heavy atom. The number of ether oxygens (including phenoxy) is 1. The molecule has 1 fully saturated rings. The lowest BCUT2D eigenvalue weighted by Gasteiger charge is -2.34. The Balaban J connectivity index is 1.95. The largest absolute Gasteiger partial charge is 0.472 e. The van der Waals surface area contributed by atoms with E-state index < -0.39 is 0 Å². The number of hydrogen-bond acceptors (Lipinski definition) is 4. The first-order chi connectivity index (χ1) is 7.57. The number of nitrogens with two attached hydrogens (primary N) is 1.